The molecule has 0 radical (unpaired) electrons. The molecule has 2 amide bonds. The zero-order valence-electron chi connectivity index (χ0n) is 21.3. The number of epoxide rings is 1. The fourth-order valence-electron chi connectivity index (χ4n) is 3.79. The smallest absolute Gasteiger partial charge is 0.345 e. The Morgan fingerprint density at radius 3 is 2.17 bits per heavy atom. The van der Waals surface area contributed by atoms with Crippen molar-refractivity contribution in [3.8, 4) is 0 Å². The maximum atomic E-state index is 13.2. The Hall–Kier alpha value is -3.20. The van der Waals surface area contributed by atoms with E-state index in [0.29, 0.717) is 5.56 Å². The summed E-state index contributed by atoms with van der Waals surface area (Å²) in [5.41, 5.74) is -0.427. The van der Waals surface area contributed by atoms with Crippen molar-refractivity contribution in [3.63, 3.8) is 0 Å². The molecule has 0 unspecified atom stereocenters. The number of halogens is 4. The summed E-state index contributed by atoms with van der Waals surface area (Å²) in [6.45, 7) is -6.70. The Bertz CT molecular complexity index is 1150. The van der Waals surface area contributed by atoms with E-state index in [1.165, 1.54) is 6.07 Å². The standard InChI is InChI=1S/C26H28F4N2O7S/c1-26(14-39-26)21(34)17(10-15-6-3-2-4-7-15)31-22(35)16(12-37-24(27)28)11-19(33)18(13-38-25(29)30)32-23(36)20-8-5-9-40-20/h2-9,16-18,24-25H,10-14H2,1H3,(H,31,35)(H,32,36)/t16-,17-,18-,26+/m0/s1. The van der Waals surface area contributed by atoms with Gasteiger partial charge in [0, 0.05) is 6.42 Å². The molecule has 1 saturated heterocycles. The lowest BCUT2D eigenvalue weighted by molar-refractivity contribution is -0.155. The minimum absolute atomic E-state index is 0.0580. The van der Waals surface area contributed by atoms with Gasteiger partial charge in [0.2, 0.25) is 5.91 Å². The number of thiophene rings is 1. The number of ketones is 2. The molecular weight excluding hydrogens is 560 g/mol. The van der Waals surface area contributed by atoms with Crippen LogP contribution < -0.4 is 10.6 Å². The molecule has 0 spiro atoms. The van der Waals surface area contributed by atoms with E-state index in [1.54, 1.807) is 48.7 Å². The summed E-state index contributed by atoms with van der Waals surface area (Å²) in [5, 5.41) is 6.37. The predicted molar refractivity (Wildman–Crippen MR) is 134 cm³/mol. The van der Waals surface area contributed by atoms with Crippen LogP contribution in [0, 0.1) is 5.92 Å². The average Bonchev–Trinajstić information content (AvgIpc) is 3.42. The highest BCUT2D eigenvalue weighted by atomic mass is 32.1. The van der Waals surface area contributed by atoms with Crippen molar-refractivity contribution in [2.75, 3.05) is 19.8 Å². The summed E-state index contributed by atoms with van der Waals surface area (Å²) in [5.74, 6) is -4.64. The number of carbonyl (C=O) groups excluding carboxylic acids is 4. The number of hydrogen-bond acceptors (Lipinski definition) is 8. The lowest BCUT2D eigenvalue weighted by Crippen LogP contribution is -2.51. The molecule has 4 atom stereocenters. The Kier molecular flexibility index (Phi) is 11.3. The first kappa shape index (κ1) is 31.3. The molecule has 1 aliphatic rings. The zero-order chi connectivity index (χ0) is 29.3. The lowest BCUT2D eigenvalue weighted by Gasteiger charge is -2.24. The van der Waals surface area contributed by atoms with Gasteiger partial charge >= 0.3 is 13.2 Å². The highest BCUT2D eigenvalue weighted by Gasteiger charge is 2.50. The van der Waals surface area contributed by atoms with Crippen molar-refractivity contribution in [2.24, 2.45) is 5.92 Å². The summed E-state index contributed by atoms with van der Waals surface area (Å²) >= 11 is 1.03. The van der Waals surface area contributed by atoms with Gasteiger partial charge in [-0.15, -0.1) is 11.3 Å². The molecule has 40 heavy (non-hydrogen) atoms. The van der Waals surface area contributed by atoms with Gasteiger partial charge in [0.1, 0.15) is 11.6 Å². The van der Waals surface area contributed by atoms with Gasteiger partial charge in [-0.25, -0.2) is 0 Å². The fraction of sp³-hybridized carbons (Fsp3) is 0.462. The molecule has 0 bridgehead atoms. The zero-order valence-corrected chi connectivity index (χ0v) is 22.1. The van der Waals surface area contributed by atoms with Crippen molar-refractivity contribution in [1.82, 2.24) is 10.6 Å². The van der Waals surface area contributed by atoms with Gasteiger partial charge in [-0.1, -0.05) is 36.4 Å². The second-order valence-electron chi connectivity index (χ2n) is 9.19. The first-order valence-electron chi connectivity index (χ1n) is 12.2. The summed E-state index contributed by atoms with van der Waals surface area (Å²) in [6, 6.07) is 8.95. The molecule has 9 nitrogen and oxygen atoms in total. The molecular formula is C26H28F4N2O7S. The van der Waals surface area contributed by atoms with E-state index in [1.807, 2.05) is 0 Å². The van der Waals surface area contributed by atoms with Crippen LogP contribution in [0.25, 0.3) is 0 Å². The van der Waals surface area contributed by atoms with Crippen LogP contribution in [0.4, 0.5) is 17.6 Å². The van der Waals surface area contributed by atoms with Crippen molar-refractivity contribution >= 4 is 34.7 Å². The SMILES string of the molecule is C[C@]1(C(=O)[C@H](Cc2ccccc2)NC(=O)[C@H](COC(F)F)CC(=O)[C@H](COC(F)F)NC(=O)c2cccs2)CO1. The van der Waals surface area contributed by atoms with Crippen molar-refractivity contribution in [2.45, 2.75) is 50.7 Å². The quantitative estimate of drug-likeness (QED) is 0.215. The van der Waals surface area contributed by atoms with E-state index < -0.39 is 79.8 Å². The third-order valence-electron chi connectivity index (χ3n) is 6.08. The van der Waals surface area contributed by atoms with Crippen LogP contribution in [-0.2, 0) is 35.0 Å². The summed E-state index contributed by atoms with van der Waals surface area (Å²) in [4.78, 5) is 52.0. The van der Waals surface area contributed by atoms with Crippen molar-refractivity contribution < 1.29 is 51.0 Å². The van der Waals surface area contributed by atoms with Crippen molar-refractivity contribution in [3.05, 3.63) is 58.3 Å². The van der Waals surface area contributed by atoms with Crippen LogP contribution in [0.15, 0.2) is 47.8 Å². The number of carbonyl (C=O) groups is 4. The van der Waals surface area contributed by atoms with Crippen LogP contribution in [-0.4, -0.2) is 74.1 Å². The topological polar surface area (TPSA) is 123 Å². The number of alkyl halides is 4. The number of amides is 2. The maximum absolute atomic E-state index is 13.2. The third-order valence-corrected chi connectivity index (χ3v) is 6.95. The van der Waals surface area contributed by atoms with Crippen LogP contribution in [0.3, 0.4) is 0 Å². The number of Topliss-reactive ketones (excluding diaryl/α,β-unsaturated/α-hetero) is 2. The second-order valence-corrected chi connectivity index (χ2v) is 10.1. The van der Waals surface area contributed by atoms with E-state index in [9.17, 15) is 36.7 Å². The summed E-state index contributed by atoms with van der Waals surface area (Å²) < 4.78 is 64.9. The molecule has 2 N–H and O–H groups in total. The van der Waals surface area contributed by atoms with Gasteiger partial charge in [-0.05, 0) is 30.4 Å². The van der Waals surface area contributed by atoms with E-state index in [-0.39, 0.29) is 17.9 Å². The highest BCUT2D eigenvalue weighted by Crippen LogP contribution is 2.29. The van der Waals surface area contributed by atoms with Gasteiger partial charge in [-0.2, -0.15) is 17.6 Å². The molecule has 2 aromatic rings. The normalized spacial score (nSPS) is 18.7. The molecule has 1 aromatic carbocycles. The van der Waals surface area contributed by atoms with Gasteiger partial charge < -0.3 is 24.8 Å². The number of nitrogens with one attached hydrogen (secondary N) is 2. The number of ether oxygens (including phenoxy) is 3. The predicted octanol–water partition coefficient (Wildman–Crippen LogP) is 2.99. The molecule has 3 rings (SSSR count). The van der Waals surface area contributed by atoms with Gasteiger partial charge in [0.15, 0.2) is 11.6 Å². The summed E-state index contributed by atoms with van der Waals surface area (Å²) in [6.07, 6.45) is -0.719. The minimum Gasteiger partial charge on any atom is -0.361 e. The minimum atomic E-state index is -3.28. The second kappa shape index (κ2) is 14.4. The molecule has 1 aliphatic heterocycles. The molecule has 1 fully saturated rings. The van der Waals surface area contributed by atoms with Crippen LogP contribution >= 0.6 is 11.3 Å². The van der Waals surface area contributed by atoms with Gasteiger partial charge in [0.05, 0.1) is 36.7 Å². The maximum Gasteiger partial charge on any atom is 0.345 e. The van der Waals surface area contributed by atoms with E-state index in [0.717, 1.165) is 11.3 Å². The number of hydrogen-bond donors (Lipinski definition) is 2. The van der Waals surface area contributed by atoms with Crippen LogP contribution in [0.1, 0.15) is 28.6 Å². The molecule has 1 aromatic heterocycles. The Balaban J connectivity index is 1.76. The monoisotopic (exact) mass is 588 g/mol. The average molecular weight is 589 g/mol. The molecule has 2 heterocycles. The fourth-order valence-corrected chi connectivity index (χ4v) is 4.42. The largest absolute Gasteiger partial charge is 0.361 e. The Morgan fingerprint density at radius 2 is 1.60 bits per heavy atom. The first-order chi connectivity index (χ1) is 19.0. The summed E-state index contributed by atoms with van der Waals surface area (Å²) in [7, 11) is 0. The van der Waals surface area contributed by atoms with E-state index >= 15 is 0 Å². The Morgan fingerprint density at radius 1 is 0.950 bits per heavy atom. The highest BCUT2D eigenvalue weighted by molar-refractivity contribution is 7.12. The molecule has 14 heteroatoms. The first-order valence-corrected chi connectivity index (χ1v) is 13.1. The van der Waals surface area contributed by atoms with Gasteiger partial charge in [0.25, 0.3) is 5.91 Å². The molecule has 0 aliphatic carbocycles. The number of benzene rings is 1. The van der Waals surface area contributed by atoms with Crippen molar-refractivity contribution in [1.29, 1.82) is 0 Å². The molecule has 0 saturated carbocycles. The molecule has 218 valence electrons. The van der Waals surface area contributed by atoms with Gasteiger partial charge in [-0.3, -0.25) is 19.2 Å². The van der Waals surface area contributed by atoms with Crippen LogP contribution in [0.5, 0.6) is 0 Å². The third kappa shape index (κ3) is 9.47. The Labute approximate surface area is 231 Å². The lowest BCUT2D eigenvalue weighted by atomic mass is 9.93. The van der Waals surface area contributed by atoms with E-state index in [4.69, 9.17) is 4.74 Å². The van der Waals surface area contributed by atoms with Crippen LogP contribution in [0.2, 0.25) is 0 Å². The number of rotatable bonds is 17. The van der Waals surface area contributed by atoms with E-state index in [2.05, 4.69) is 20.1 Å².